The number of ketones is 1. The molecule has 23 heavy (non-hydrogen) atoms. The maximum Gasteiger partial charge on any atom is 0.343 e. The van der Waals surface area contributed by atoms with Gasteiger partial charge in [-0.25, -0.2) is 4.79 Å². The fourth-order valence-electron chi connectivity index (χ4n) is 2.35. The molecule has 2 N–H and O–H groups in total. The summed E-state index contributed by atoms with van der Waals surface area (Å²) in [6.45, 7) is 1.72. The van der Waals surface area contributed by atoms with E-state index in [-0.39, 0.29) is 6.42 Å². The molecule has 1 saturated heterocycles. The molecule has 0 radical (unpaired) electrons. The van der Waals surface area contributed by atoms with Crippen molar-refractivity contribution in [2.75, 3.05) is 6.61 Å². The Hall–Kier alpha value is -1.47. The van der Waals surface area contributed by atoms with Crippen molar-refractivity contribution >= 4 is 17.7 Å². The SMILES string of the molecule is CCCCCCCCCC(=O)OCC(O)C1OC(=O)C(O)C1=O. The zero-order valence-corrected chi connectivity index (χ0v) is 13.5. The van der Waals surface area contributed by atoms with Crippen molar-refractivity contribution in [2.45, 2.75) is 76.6 Å². The Morgan fingerprint density at radius 3 is 2.35 bits per heavy atom. The normalized spacial score (nSPS) is 22.0. The molecule has 7 nitrogen and oxygen atoms in total. The maximum atomic E-state index is 11.5. The number of rotatable bonds is 11. The van der Waals surface area contributed by atoms with Crippen LogP contribution in [0.1, 0.15) is 58.3 Å². The first-order chi connectivity index (χ1) is 11.0. The molecule has 7 heteroatoms. The molecular formula is C16H26O7. The zero-order valence-electron chi connectivity index (χ0n) is 13.5. The third kappa shape index (κ3) is 6.66. The number of carbonyl (C=O) groups is 3. The monoisotopic (exact) mass is 330 g/mol. The van der Waals surface area contributed by atoms with Gasteiger partial charge in [-0.2, -0.15) is 0 Å². The number of cyclic esters (lactones) is 1. The van der Waals surface area contributed by atoms with E-state index in [4.69, 9.17) is 9.84 Å². The van der Waals surface area contributed by atoms with Crippen LogP contribution in [0.25, 0.3) is 0 Å². The number of carbonyl (C=O) groups excluding carboxylic acids is 3. The average molecular weight is 330 g/mol. The molecule has 0 aliphatic carbocycles. The van der Waals surface area contributed by atoms with Crippen molar-refractivity contribution in [3.8, 4) is 0 Å². The van der Waals surface area contributed by atoms with E-state index in [1.807, 2.05) is 0 Å². The van der Waals surface area contributed by atoms with Gasteiger partial charge < -0.3 is 19.7 Å². The van der Waals surface area contributed by atoms with Gasteiger partial charge in [-0.05, 0) is 6.42 Å². The molecule has 1 rings (SSSR count). The lowest BCUT2D eigenvalue weighted by molar-refractivity contribution is -0.156. The van der Waals surface area contributed by atoms with E-state index in [2.05, 4.69) is 11.7 Å². The van der Waals surface area contributed by atoms with Crippen molar-refractivity contribution in [3.05, 3.63) is 0 Å². The summed E-state index contributed by atoms with van der Waals surface area (Å²) >= 11 is 0. The van der Waals surface area contributed by atoms with Gasteiger partial charge in [0.05, 0.1) is 0 Å². The smallest absolute Gasteiger partial charge is 0.343 e. The summed E-state index contributed by atoms with van der Waals surface area (Å²) in [6, 6.07) is 0. The van der Waals surface area contributed by atoms with Crippen molar-refractivity contribution < 1.29 is 34.1 Å². The largest absolute Gasteiger partial charge is 0.463 e. The highest BCUT2D eigenvalue weighted by molar-refractivity contribution is 6.09. The van der Waals surface area contributed by atoms with Crippen molar-refractivity contribution in [3.63, 3.8) is 0 Å². The van der Waals surface area contributed by atoms with Crippen LogP contribution in [0.3, 0.4) is 0 Å². The van der Waals surface area contributed by atoms with Crippen molar-refractivity contribution in [2.24, 2.45) is 0 Å². The minimum absolute atomic E-state index is 0.252. The van der Waals surface area contributed by atoms with E-state index in [1.165, 1.54) is 25.7 Å². The van der Waals surface area contributed by atoms with Gasteiger partial charge in [-0.15, -0.1) is 0 Å². The minimum atomic E-state index is -1.86. The lowest BCUT2D eigenvalue weighted by atomic mass is 10.1. The van der Waals surface area contributed by atoms with E-state index >= 15 is 0 Å². The summed E-state index contributed by atoms with van der Waals surface area (Å²) in [5.74, 6) is -2.46. The van der Waals surface area contributed by atoms with Gasteiger partial charge in [0, 0.05) is 6.42 Å². The Balaban J connectivity index is 2.11. The van der Waals surface area contributed by atoms with E-state index in [1.54, 1.807) is 0 Å². The Morgan fingerprint density at radius 1 is 1.17 bits per heavy atom. The Labute approximate surface area is 136 Å². The van der Waals surface area contributed by atoms with Crippen LogP contribution in [0.15, 0.2) is 0 Å². The van der Waals surface area contributed by atoms with Crippen molar-refractivity contribution in [1.29, 1.82) is 0 Å². The molecule has 0 aromatic heterocycles. The predicted octanol–water partition coefficient (Wildman–Crippen LogP) is 0.887. The van der Waals surface area contributed by atoms with Gasteiger partial charge in [0.2, 0.25) is 11.9 Å². The first kappa shape index (κ1) is 19.6. The van der Waals surface area contributed by atoms with Gasteiger partial charge in [0.1, 0.15) is 12.7 Å². The number of Topliss-reactive ketones (excluding diaryl/α,β-unsaturated/α-hetero) is 1. The van der Waals surface area contributed by atoms with Gasteiger partial charge in [0.25, 0.3) is 0 Å². The van der Waals surface area contributed by atoms with Gasteiger partial charge in [-0.1, -0.05) is 45.4 Å². The van der Waals surface area contributed by atoms with Gasteiger partial charge >= 0.3 is 11.9 Å². The highest BCUT2D eigenvalue weighted by Crippen LogP contribution is 2.15. The number of unbranched alkanes of at least 4 members (excludes halogenated alkanes) is 6. The highest BCUT2D eigenvalue weighted by atomic mass is 16.6. The summed E-state index contributed by atoms with van der Waals surface area (Å²) in [4.78, 5) is 34.0. The molecule has 0 aromatic carbocycles. The quantitative estimate of drug-likeness (QED) is 0.329. The number of esters is 2. The summed E-state index contributed by atoms with van der Waals surface area (Å²) in [6.07, 6.45) is 3.03. The number of aliphatic hydroxyl groups is 2. The number of aliphatic hydroxyl groups excluding tert-OH is 2. The standard InChI is InChI=1S/C16H26O7/c1-2-3-4-5-6-7-8-9-12(18)22-10-11(17)15-13(19)14(20)16(21)23-15/h11,14-15,17,20H,2-10H2,1H3. The molecule has 132 valence electrons. The zero-order chi connectivity index (χ0) is 17.2. The van der Waals surface area contributed by atoms with Crippen LogP contribution in [-0.2, 0) is 23.9 Å². The molecule has 0 bridgehead atoms. The third-order valence-corrected chi connectivity index (χ3v) is 3.77. The Morgan fingerprint density at radius 2 is 1.78 bits per heavy atom. The van der Waals surface area contributed by atoms with Crippen molar-refractivity contribution in [1.82, 2.24) is 0 Å². The summed E-state index contributed by atoms with van der Waals surface area (Å²) < 4.78 is 9.41. The first-order valence-electron chi connectivity index (χ1n) is 8.23. The second-order valence-corrected chi connectivity index (χ2v) is 5.78. The lowest BCUT2D eigenvalue weighted by Crippen LogP contribution is -2.38. The summed E-state index contributed by atoms with van der Waals surface area (Å²) in [5, 5.41) is 18.9. The number of hydrogen-bond acceptors (Lipinski definition) is 7. The second kappa shape index (κ2) is 10.3. The predicted molar refractivity (Wildman–Crippen MR) is 80.5 cm³/mol. The Kier molecular flexibility index (Phi) is 8.79. The van der Waals surface area contributed by atoms with E-state index in [9.17, 15) is 19.5 Å². The maximum absolute atomic E-state index is 11.5. The molecule has 0 amide bonds. The fourth-order valence-corrected chi connectivity index (χ4v) is 2.35. The molecule has 1 fully saturated rings. The molecule has 0 spiro atoms. The van der Waals surface area contributed by atoms with Crippen LogP contribution in [0.2, 0.25) is 0 Å². The third-order valence-electron chi connectivity index (χ3n) is 3.77. The van der Waals surface area contributed by atoms with Crippen LogP contribution < -0.4 is 0 Å². The summed E-state index contributed by atoms with van der Waals surface area (Å²) in [7, 11) is 0. The lowest BCUT2D eigenvalue weighted by Gasteiger charge is -2.15. The minimum Gasteiger partial charge on any atom is -0.463 e. The van der Waals surface area contributed by atoms with E-state index in [0.717, 1.165) is 19.3 Å². The second-order valence-electron chi connectivity index (χ2n) is 5.78. The molecule has 0 aromatic rings. The molecule has 0 saturated carbocycles. The molecule has 1 aliphatic rings. The van der Waals surface area contributed by atoms with Crippen LogP contribution in [-0.4, -0.2) is 52.9 Å². The summed E-state index contributed by atoms with van der Waals surface area (Å²) in [5.41, 5.74) is 0. The van der Waals surface area contributed by atoms with E-state index < -0.39 is 42.6 Å². The van der Waals surface area contributed by atoms with Gasteiger partial charge in [-0.3, -0.25) is 9.59 Å². The number of ether oxygens (including phenoxy) is 2. The average Bonchev–Trinajstić information content (AvgIpc) is 2.79. The van der Waals surface area contributed by atoms with Crippen LogP contribution in [0, 0.1) is 0 Å². The Bertz CT molecular complexity index is 407. The molecule has 1 heterocycles. The fraction of sp³-hybridized carbons (Fsp3) is 0.812. The molecular weight excluding hydrogens is 304 g/mol. The topological polar surface area (TPSA) is 110 Å². The number of hydrogen-bond donors (Lipinski definition) is 2. The molecule has 1 aliphatic heterocycles. The van der Waals surface area contributed by atoms with Crippen LogP contribution in [0.4, 0.5) is 0 Å². The highest BCUT2D eigenvalue weighted by Gasteiger charge is 2.46. The van der Waals surface area contributed by atoms with Gasteiger partial charge in [0.15, 0.2) is 6.10 Å². The van der Waals surface area contributed by atoms with Crippen LogP contribution >= 0.6 is 0 Å². The van der Waals surface area contributed by atoms with Crippen LogP contribution in [0.5, 0.6) is 0 Å². The molecule has 3 unspecified atom stereocenters. The van der Waals surface area contributed by atoms with E-state index in [0.29, 0.717) is 0 Å². The molecule has 3 atom stereocenters. The first-order valence-corrected chi connectivity index (χ1v) is 8.23.